The molecule has 0 fully saturated rings. The summed E-state index contributed by atoms with van der Waals surface area (Å²) < 4.78 is 0. The molecule has 0 unspecified atom stereocenters. The molecule has 0 rings (SSSR count). The summed E-state index contributed by atoms with van der Waals surface area (Å²) in [6, 6.07) is -3.88. The first-order valence-corrected chi connectivity index (χ1v) is 14.5. The number of amides is 4. The van der Waals surface area contributed by atoms with E-state index in [0.29, 0.717) is 18.2 Å². The van der Waals surface area contributed by atoms with E-state index in [1.807, 2.05) is 12.7 Å². The Morgan fingerprint density at radius 1 is 0.879 bits per heavy atom. The van der Waals surface area contributed by atoms with Crippen LogP contribution in [0, 0.1) is 11.8 Å². The third kappa shape index (κ3) is 11.3. The van der Waals surface area contributed by atoms with Crippen LogP contribution in [0.25, 0.3) is 0 Å². The van der Waals surface area contributed by atoms with Crippen LogP contribution in [0.5, 0.6) is 0 Å². The van der Waals surface area contributed by atoms with Crippen molar-refractivity contribution in [3.8, 4) is 0 Å². The van der Waals surface area contributed by atoms with E-state index >= 15 is 0 Å². The van der Waals surface area contributed by atoms with Gasteiger partial charge in [-0.15, -0.1) is 0 Å². The number of carboxylic acids is 1. The first kappa shape index (κ1) is 31.2. The van der Waals surface area contributed by atoms with Gasteiger partial charge in [0.25, 0.3) is 0 Å². The molecule has 0 bridgehead atoms. The van der Waals surface area contributed by atoms with Gasteiger partial charge in [0.05, 0.1) is 0 Å². The Hall–Kier alpha value is -1.78. The summed E-state index contributed by atoms with van der Waals surface area (Å²) in [7, 11) is 0. The van der Waals surface area contributed by atoms with Crippen molar-refractivity contribution in [3.63, 3.8) is 0 Å². The van der Waals surface area contributed by atoms with Crippen molar-refractivity contribution < 1.29 is 29.1 Å². The molecule has 0 saturated heterocycles. The fraction of sp³-hybridized carbons (Fsp3) is 0.762. The van der Waals surface area contributed by atoms with E-state index < -0.39 is 53.8 Å². The molecule has 0 aliphatic heterocycles. The molecule has 4 amide bonds. The summed E-state index contributed by atoms with van der Waals surface area (Å²) in [6.07, 6.45) is 0.884. The topological polar surface area (TPSA) is 154 Å². The van der Waals surface area contributed by atoms with Crippen molar-refractivity contribution in [2.24, 2.45) is 11.8 Å². The van der Waals surface area contributed by atoms with Gasteiger partial charge in [0.1, 0.15) is 0 Å². The van der Waals surface area contributed by atoms with Gasteiger partial charge in [-0.3, -0.25) is 4.79 Å². The minimum atomic E-state index is -1.12. The van der Waals surface area contributed by atoms with Crippen LogP contribution < -0.4 is 21.3 Å². The molecule has 0 aromatic heterocycles. The van der Waals surface area contributed by atoms with E-state index in [2.05, 4.69) is 33.9 Å². The molecule has 0 radical (unpaired) electrons. The second kappa shape index (κ2) is 15.9. The number of hydrogen-bond acceptors (Lipinski definition) is 6. The Balaban J connectivity index is 5.53. The molecule has 5 atom stereocenters. The van der Waals surface area contributed by atoms with E-state index in [4.69, 9.17) is 0 Å². The fourth-order valence-electron chi connectivity index (χ4n) is 2.93. The number of nitrogens with one attached hydrogen (secondary N) is 4. The Morgan fingerprint density at radius 3 is 1.85 bits per heavy atom. The van der Waals surface area contributed by atoms with Crippen LogP contribution in [-0.2, 0) is 24.0 Å². The van der Waals surface area contributed by atoms with Crippen LogP contribution in [0.2, 0.25) is 11.1 Å². The van der Waals surface area contributed by atoms with Gasteiger partial charge in [0, 0.05) is 12.7 Å². The maximum absolute atomic E-state index is 13.1. The van der Waals surface area contributed by atoms with Crippen LogP contribution in [0.15, 0.2) is 0 Å². The van der Waals surface area contributed by atoms with E-state index in [1.54, 1.807) is 20.8 Å². The van der Waals surface area contributed by atoms with Gasteiger partial charge in [-0.2, -0.15) is 12.6 Å². The molecule has 5 N–H and O–H groups in total. The summed E-state index contributed by atoms with van der Waals surface area (Å²) in [4.78, 5) is 61.4. The molecule has 0 spiro atoms. The molecular weight excluding hydrogens is 515 g/mol. The number of rotatable bonds is 15. The average Bonchev–Trinajstić information content (AvgIpc) is 2.75. The van der Waals surface area contributed by atoms with Gasteiger partial charge < -0.3 is 5.32 Å². The van der Waals surface area contributed by atoms with Gasteiger partial charge in [0.15, 0.2) is 0 Å². The van der Waals surface area contributed by atoms with Gasteiger partial charge >= 0.3 is 167 Å². The quantitative estimate of drug-likeness (QED) is 0.126. The number of aliphatic carboxylic acids is 1. The Labute approximate surface area is 207 Å². The summed E-state index contributed by atoms with van der Waals surface area (Å²) in [5.41, 5.74) is 0. The van der Waals surface area contributed by atoms with E-state index in [-0.39, 0.29) is 32.5 Å². The van der Waals surface area contributed by atoms with Crippen LogP contribution in [0.4, 0.5) is 0 Å². The zero-order chi connectivity index (χ0) is 25.7. The molecule has 0 heterocycles. The SMILES string of the molecule is CC[C@H](C)[C@H](NC(=O)[C@@H](NC(=O)[C@H](CS)NC(C)=O)C(C)C)C(=O)N[C@@H](CC[Se]C)C(=O)O. The summed E-state index contributed by atoms with van der Waals surface area (Å²) in [5, 5.41) is 20.5. The zero-order valence-electron chi connectivity index (χ0n) is 20.1. The van der Waals surface area contributed by atoms with Gasteiger partial charge in [-0.25, -0.2) is 0 Å². The molecule has 0 aliphatic carbocycles. The predicted octanol–water partition coefficient (Wildman–Crippen LogP) is 0.223. The summed E-state index contributed by atoms with van der Waals surface area (Å²) in [5.74, 6) is -1.78. The van der Waals surface area contributed by atoms with E-state index in [9.17, 15) is 29.1 Å². The first-order valence-electron chi connectivity index (χ1n) is 10.9. The van der Waals surface area contributed by atoms with Crippen LogP contribution in [0.3, 0.4) is 0 Å². The maximum atomic E-state index is 13.1. The number of thiol groups is 1. The zero-order valence-corrected chi connectivity index (χ0v) is 22.7. The summed E-state index contributed by atoms with van der Waals surface area (Å²) in [6.45, 7) is 8.40. The predicted molar refractivity (Wildman–Crippen MR) is 130 cm³/mol. The standard InChI is InChI=1S/C21H38N4O6SSe/c1-7-12(4)17(20(29)23-14(21(30)31)8-9-33-6)25-19(28)16(11(2)3)24-18(27)15(10-32)22-13(5)26/h11-12,14-17,32H,7-10H2,1-6H3,(H,22,26)(H,23,29)(H,24,27)(H,25,28)(H,30,31)/t12-,14-,15-,16-,17-/m0/s1. The second-order valence-corrected chi connectivity index (χ2v) is 10.7. The van der Waals surface area contributed by atoms with E-state index in [0.717, 1.165) is 0 Å². The van der Waals surface area contributed by atoms with Crippen LogP contribution >= 0.6 is 12.6 Å². The van der Waals surface area contributed by atoms with Gasteiger partial charge in [-0.1, -0.05) is 0 Å². The number of hydrogen-bond donors (Lipinski definition) is 6. The number of carboxylic acid groups (broad SMARTS) is 1. The first-order chi connectivity index (χ1) is 15.4. The molecule has 0 aromatic rings. The summed E-state index contributed by atoms with van der Waals surface area (Å²) >= 11 is 4.35. The monoisotopic (exact) mass is 554 g/mol. The third-order valence-electron chi connectivity index (χ3n) is 5.14. The Bertz CT molecular complexity index is 694. The van der Waals surface area contributed by atoms with Crippen LogP contribution in [-0.4, -0.2) is 79.6 Å². The number of carbonyl (C=O) groups is 5. The average molecular weight is 554 g/mol. The van der Waals surface area contributed by atoms with Crippen molar-refractivity contribution in [2.45, 2.75) is 82.8 Å². The molecule has 0 aliphatic rings. The van der Waals surface area contributed by atoms with Crippen molar-refractivity contribution in [2.75, 3.05) is 5.75 Å². The normalized spacial score (nSPS) is 15.5. The molecule has 0 aromatic carbocycles. The van der Waals surface area contributed by atoms with Crippen molar-refractivity contribution >= 4 is 57.2 Å². The van der Waals surface area contributed by atoms with Crippen molar-refractivity contribution in [3.05, 3.63) is 0 Å². The van der Waals surface area contributed by atoms with E-state index in [1.165, 1.54) is 6.92 Å². The molecule has 12 heteroatoms. The van der Waals surface area contributed by atoms with Crippen molar-refractivity contribution in [1.82, 2.24) is 21.3 Å². The Kier molecular flexibility index (Phi) is 15.1. The minimum absolute atomic E-state index is 0.0470. The van der Waals surface area contributed by atoms with Crippen molar-refractivity contribution in [1.29, 1.82) is 0 Å². The van der Waals surface area contributed by atoms with Gasteiger partial charge in [0.2, 0.25) is 5.91 Å². The second-order valence-electron chi connectivity index (χ2n) is 8.22. The third-order valence-corrected chi connectivity index (χ3v) is 6.86. The fourth-order valence-corrected chi connectivity index (χ4v) is 4.17. The molecule has 10 nitrogen and oxygen atoms in total. The molecule has 0 saturated carbocycles. The Morgan fingerprint density at radius 2 is 1.42 bits per heavy atom. The number of carbonyl (C=O) groups excluding carboxylic acids is 4. The van der Waals surface area contributed by atoms with Crippen LogP contribution in [0.1, 0.15) is 47.5 Å². The van der Waals surface area contributed by atoms with Gasteiger partial charge in [-0.05, 0) is 0 Å². The molecule has 190 valence electrons. The molecular formula is C21H38N4O6SSe. The molecule has 33 heavy (non-hydrogen) atoms.